The molecule has 4 heteroatoms. The summed E-state index contributed by atoms with van der Waals surface area (Å²) in [6.45, 7) is 0. The van der Waals surface area contributed by atoms with Crippen LogP contribution in [0.5, 0.6) is 0 Å². The average Bonchev–Trinajstić information content (AvgIpc) is 2.48. The lowest BCUT2D eigenvalue weighted by Crippen LogP contribution is -1.94. The molecule has 19 heavy (non-hydrogen) atoms. The smallest absolute Gasteiger partial charge is 0.146 e. The molecule has 1 N–H and O–H groups in total. The molecule has 1 aromatic carbocycles. The Morgan fingerprint density at radius 3 is 2.74 bits per heavy atom. The molecule has 0 saturated carbocycles. The molecular formula is C15H12N4. The largest absolute Gasteiger partial charge is 0.261 e. The standard InChI is InChI=1S/C15H12N4/c1-2-7-14-12(5-1)8-9-15(18-14)19-17-11-13-6-3-4-10-16-13/h1-11H,(H,18,19)/b17-11-. The Hall–Kier alpha value is -2.75. The minimum absolute atomic E-state index is 0.714. The van der Waals surface area contributed by atoms with E-state index in [9.17, 15) is 0 Å². The Kier molecular flexibility index (Phi) is 3.14. The van der Waals surface area contributed by atoms with Crippen LogP contribution in [-0.4, -0.2) is 16.2 Å². The van der Waals surface area contributed by atoms with Gasteiger partial charge in [-0.1, -0.05) is 24.3 Å². The summed E-state index contributed by atoms with van der Waals surface area (Å²) in [6.07, 6.45) is 3.40. The number of pyridine rings is 2. The lowest BCUT2D eigenvalue weighted by Gasteiger charge is -2.01. The van der Waals surface area contributed by atoms with Gasteiger partial charge in [0.2, 0.25) is 0 Å². The second-order valence-electron chi connectivity index (χ2n) is 4.01. The number of hydrazone groups is 1. The highest BCUT2D eigenvalue weighted by Crippen LogP contribution is 2.14. The predicted octanol–water partition coefficient (Wildman–Crippen LogP) is 3.08. The summed E-state index contributed by atoms with van der Waals surface area (Å²) < 4.78 is 0. The average molecular weight is 248 g/mol. The molecule has 0 amide bonds. The van der Waals surface area contributed by atoms with Crippen LogP contribution in [0.1, 0.15) is 5.69 Å². The van der Waals surface area contributed by atoms with Gasteiger partial charge in [0.05, 0.1) is 17.4 Å². The Labute approximate surface area is 110 Å². The Morgan fingerprint density at radius 2 is 1.84 bits per heavy atom. The number of hydrogen-bond donors (Lipinski definition) is 1. The van der Waals surface area contributed by atoms with Crippen molar-refractivity contribution in [3.05, 3.63) is 66.5 Å². The van der Waals surface area contributed by atoms with E-state index in [1.807, 2.05) is 54.6 Å². The maximum absolute atomic E-state index is 4.46. The third-order valence-corrected chi connectivity index (χ3v) is 2.66. The number of para-hydroxylation sites is 1. The highest BCUT2D eigenvalue weighted by atomic mass is 15.3. The van der Waals surface area contributed by atoms with E-state index >= 15 is 0 Å². The number of anilines is 1. The van der Waals surface area contributed by atoms with E-state index < -0.39 is 0 Å². The number of nitrogens with zero attached hydrogens (tertiary/aromatic N) is 3. The van der Waals surface area contributed by atoms with Gasteiger partial charge in [0.25, 0.3) is 0 Å². The zero-order chi connectivity index (χ0) is 12.9. The maximum Gasteiger partial charge on any atom is 0.146 e. The van der Waals surface area contributed by atoms with Crippen LogP contribution in [0.25, 0.3) is 10.9 Å². The molecule has 4 nitrogen and oxygen atoms in total. The number of benzene rings is 1. The molecule has 0 spiro atoms. The van der Waals surface area contributed by atoms with Crippen molar-refractivity contribution in [2.45, 2.75) is 0 Å². The zero-order valence-electron chi connectivity index (χ0n) is 10.2. The third kappa shape index (κ3) is 2.74. The van der Waals surface area contributed by atoms with Crippen LogP contribution in [0.3, 0.4) is 0 Å². The van der Waals surface area contributed by atoms with Gasteiger partial charge in [-0.15, -0.1) is 0 Å². The summed E-state index contributed by atoms with van der Waals surface area (Å²) in [5.41, 5.74) is 4.65. The fourth-order valence-corrected chi connectivity index (χ4v) is 1.75. The monoisotopic (exact) mass is 248 g/mol. The van der Waals surface area contributed by atoms with Gasteiger partial charge in [-0.3, -0.25) is 10.4 Å². The van der Waals surface area contributed by atoms with E-state index in [4.69, 9.17) is 0 Å². The van der Waals surface area contributed by atoms with Crippen LogP contribution in [-0.2, 0) is 0 Å². The lowest BCUT2D eigenvalue weighted by molar-refractivity contribution is 1.24. The summed E-state index contributed by atoms with van der Waals surface area (Å²) >= 11 is 0. The van der Waals surface area contributed by atoms with Gasteiger partial charge >= 0.3 is 0 Å². The van der Waals surface area contributed by atoms with Crippen LogP contribution in [0.2, 0.25) is 0 Å². The van der Waals surface area contributed by atoms with Crippen molar-refractivity contribution in [3.8, 4) is 0 Å². The molecule has 3 rings (SSSR count). The summed E-state index contributed by atoms with van der Waals surface area (Å²) in [7, 11) is 0. The Balaban J connectivity index is 1.77. The second kappa shape index (κ2) is 5.27. The first-order chi connectivity index (χ1) is 9.42. The topological polar surface area (TPSA) is 50.2 Å². The Bertz CT molecular complexity index is 707. The van der Waals surface area contributed by atoms with Gasteiger partial charge < -0.3 is 0 Å². The molecule has 0 atom stereocenters. The molecule has 0 aliphatic rings. The van der Waals surface area contributed by atoms with Crippen LogP contribution in [0.4, 0.5) is 5.82 Å². The number of rotatable bonds is 3. The number of aromatic nitrogens is 2. The quantitative estimate of drug-likeness (QED) is 0.572. The molecule has 0 radical (unpaired) electrons. The minimum atomic E-state index is 0.714. The second-order valence-corrected chi connectivity index (χ2v) is 4.01. The molecule has 3 aromatic rings. The van der Waals surface area contributed by atoms with Gasteiger partial charge in [0, 0.05) is 11.6 Å². The Morgan fingerprint density at radius 1 is 0.947 bits per heavy atom. The van der Waals surface area contributed by atoms with Crippen molar-refractivity contribution < 1.29 is 0 Å². The SMILES string of the molecule is C(=N/Nc1ccc2ccccc2n1)/c1ccccn1. The fourth-order valence-electron chi connectivity index (χ4n) is 1.75. The highest BCUT2D eigenvalue weighted by molar-refractivity contribution is 5.80. The number of hydrogen-bond acceptors (Lipinski definition) is 4. The normalized spacial score (nSPS) is 10.9. The molecule has 0 bridgehead atoms. The molecule has 0 saturated heterocycles. The maximum atomic E-state index is 4.46. The van der Waals surface area contributed by atoms with Gasteiger partial charge in [-0.25, -0.2) is 4.98 Å². The molecule has 0 fully saturated rings. The van der Waals surface area contributed by atoms with Gasteiger partial charge in [0.15, 0.2) is 0 Å². The predicted molar refractivity (Wildman–Crippen MR) is 77.2 cm³/mol. The molecule has 0 aliphatic heterocycles. The zero-order valence-corrected chi connectivity index (χ0v) is 10.2. The van der Waals surface area contributed by atoms with E-state index in [1.54, 1.807) is 12.4 Å². The highest BCUT2D eigenvalue weighted by Gasteiger charge is 1.95. The van der Waals surface area contributed by atoms with E-state index in [2.05, 4.69) is 20.5 Å². The summed E-state index contributed by atoms with van der Waals surface area (Å²) in [4.78, 5) is 8.61. The van der Waals surface area contributed by atoms with Crippen LogP contribution in [0.15, 0.2) is 65.9 Å². The minimum Gasteiger partial charge on any atom is -0.261 e. The van der Waals surface area contributed by atoms with Crippen molar-refractivity contribution in [2.75, 3.05) is 5.43 Å². The van der Waals surface area contributed by atoms with Gasteiger partial charge in [0.1, 0.15) is 5.82 Å². The summed E-state index contributed by atoms with van der Waals surface area (Å²) in [5, 5.41) is 5.23. The summed E-state index contributed by atoms with van der Waals surface area (Å²) in [5.74, 6) is 0.714. The van der Waals surface area contributed by atoms with Crippen molar-refractivity contribution >= 4 is 22.9 Å². The van der Waals surface area contributed by atoms with E-state index in [0.717, 1.165) is 16.6 Å². The molecule has 0 unspecified atom stereocenters. The molecule has 92 valence electrons. The molecule has 0 aliphatic carbocycles. The first-order valence-corrected chi connectivity index (χ1v) is 5.98. The van der Waals surface area contributed by atoms with Crippen LogP contribution >= 0.6 is 0 Å². The van der Waals surface area contributed by atoms with Gasteiger partial charge in [-0.2, -0.15) is 5.10 Å². The van der Waals surface area contributed by atoms with Crippen molar-refractivity contribution in [1.82, 2.24) is 9.97 Å². The lowest BCUT2D eigenvalue weighted by atomic mass is 10.2. The molecule has 2 heterocycles. The number of nitrogens with one attached hydrogen (secondary N) is 1. The van der Waals surface area contributed by atoms with Gasteiger partial charge in [-0.05, 0) is 30.3 Å². The van der Waals surface area contributed by atoms with E-state index in [-0.39, 0.29) is 0 Å². The van der Waals surface area contributed by atoms with Crippen molar-refractivity contribution in [2.24, 2.45) is 5.10 Å². The first kappa shape index (κ1) is 11.3. The van der Waals surface area contributed by atoms with Crippen LogP contribution in [0, 0.1) is 0 Å². The first-order valence-electron chi connectivity index (χ1n) is 5.98. The summed E-state index contributed by atoms with van der Waals surface area (Å²) in [6, 6.07) is 17.6. The van der Waals surface area contributed by atoms with Crippen molar-refractivity contribution in [1.29, 1.82) is 0 Å². The van der Waals surface area contributed by atoms with Crippen LogP contribution < -0.4 is 5.43 Å². The van der Waals surface area contributed by atoms with Crippen molar-refractivity contribution in [3.63, 3.8) is 0 Å². The number of fused-ring (bicyclic) bond motifs is 1. The third-order valence-electron chi connectivity index (χ3n) is 2.66. The van der Waals surface area contributed by atoms with E-state index in [1.165, 1.54) is 0 Å². The van der Waals surface area contributed by atoms with E-state index in [0.29, 0.717) is 5.82 Å². The molecular weight excluding hydrogens is 236 g/mol. The fraction of sp³-hybridized carbons (Fsp3) is 0. The molecule has 2 aromatic heterocycles.